The Kier molecular flexibility index (Phi) is 7.23. The molecule has 0 radical (unpaired) electrons. The molecule has 0 spiro atoms. The number of sulfone groups is 1. The Balaban J connectivity index is 1.48. The summed E-state index contributed by atoms with van der Waals surface area (Å²) in [6.07, 6.45) is 1.90. The largest absolute Gasteiger partial charge is 0.493 e. The number of anilines is 1. The summed E-state index contributed by atoms with van der Waals surface area (Å²) in [6, 6.07) is 13.3. The number of benzene rings is 2. The van der Waals surface area contributed by atoms with Crippen molar-refractivity contribution >= 4 is 38.9 Å². The van der Waals surface area contributed by atoms with Gasteiger partial charge in [-0.2, -0.15) is 0 Å². The summed E-state index contributed by atoms with van der Waals surface area (Å²) in [7, 11) is -1.58. The van der Waals surface area contributed by atoms with E-state index in [1.807, 2.05) is 0 Å². The van der Waals surface area contributed by atoms with Gasteiger partial charge in [0.1, 0.15) is 5.75 Å². The first kappa shape index (κ1) is 23.1. The maximum Gasteiger partial charge on any atom is 0.227 e. The number of rotatable bonds is 8. The van der Waals surface area contributed by atoms with E-state index in [0.717, 1.165) is 11.9 Å². The summed E-state index contributed by atoms with van der Waals surface area (Å²) in [5.74, 6) is -0.0792. The quantitative estimate of drug-likeness (QED) is 0.561. The van der Waals surface area contributed by atoms with Crippen LogP contribution in [0.4, 0.5) is 5.69 Å². The molecule has 9 heteroatoms. The maximum absolute atomic E-state index is 12.8. The molecule has 0 saturated carbocycles. The molecule has 2 aromatic carbocycles. The Labute approximate surface area is 187 Å². The Bertz CT molecular complexity index is 1060. The molecule has 31 heavy (non-hydrogen) atoms. The molecule has 166 valence electrons. The van der Waals surface area contributed by atoms with E-state index in [-0.39, 0.29) is 29.0 Å². The summed E-state index contributed by atoms with van der Waals surface area (Å²) in [5, 5.41) is 0.591. The van der Waals surface area contributed by atoms with E-state index in [0.29, 0.717) is 36.9 Å². The lowest BCUT2D eigenvalue weighted by atomic mass is 10.1. The van der Waals surface area contributed by atoms with Gasteiger partial charge in [0.25, 0.3) is 0 Å². The standard InChI is InChI=1S/C22H25ClN2O5S/c1-24(11-4-12-30-19-5-3-6-20(14-19)31(2,28)29)22(27)16-13-21(26)25(15-16)18-9-7-17(23)8-10-18/h3,5-10,14,16H,4,11-13,15H2,1-2H3. The summed E-state index contributed by atoms with van der Waals surface area (Å²) < 4.78 is 28.9. The van der Waals surface area contributed by atoms with Crippen molar-refractivity contribution in [3.8, 4) is 5.75 Å². The zero-order valence-electron chi connectivity index (χ0n) is 17.5. The predicted molar refractivity (Wildman–Crippen MR) is 119 cm³/mol. The van der Waals surface area contributed by atoms with Gasteiger partial charge in [0.2, 0.25) is 11.8 Å². The highest BCUT2D eigenvalue weighted by atomic mass is 35.5. The van der Waals surface area contributed by atoms with Crippen molar-refractivity contribution in [2.24, 2.45) is 5.92 Å². The van der Waals surface area contributed by atoms with Crippen LogP contribution >= 0.6 is 11.6 Å². The number of hydrogen-bond acceptors (Lipinski definition) is 5. The molecule has 2 amide bonds. The second kappa shape index (κ2) is 9.70. The molecule has 1 atom stereocenters. The average molecular weight is 465 g/mol. The van der Waals surface area contributed by atoms with Gasteiger partial charge in [0, 0.05) is 43.5 Å². The van der Waals surface area contributed by atoms with E-state index in [4.69, 9.17) is 16.3 Å². The number of carbonyl (C=O) groups excluding carboxylic acids is 2. The molecule has 3 rings (SSSR count). The monoisotopic (exact) mass is 464 g/mol. The average Bonchev–Trinajstić information content (AvgIpc) is 3.12. The first-order valence-electron chi connectivity index (χ1n) is 9.89. The van der Waals surface area contributed by atoms with Crippen LogP contribution in [0.3, 0.4) is 0 Å². The molecule has 1 heterocycles. The van der Waals surface area contributed by atoms with Crippen LogP contribution < -0.4 is 9.64 Å². The number of halogens is 1. The number of nitrogens with zero attached hydrogens (tertiary/aromatic N) is 2. The van der Waals surface area contributed by atoms with Crippen LogP contribution in [0, 0.1) is 5.92 Å². The lowest BCUT2D eigenvalue weighted by molar-refractivity contribution is -0.134. The molecular formula is C22H25ClN2O5S. The third-order valence-corrected chi connectivity index (χ3v) is 6.49. The molecular weight excluding hydrogens is 440 g/mol. The highest BCUT2D eigenvalue weighted by Gasteiger charge is 2.36. The lowest BCUT2D eigenvalue weighted by Crippen LogP contribution is -2.35. The summed E-state index contributed by atoms with van der Waals surface area (Å²) in [4.78, 5) is 28.6. The summed E-state index contributed by atoms with van der Waals surface area (Å²) in [6.45, 7) is 1.15. The fourth-order valence-electron chi connectivity index (χ4n) is 3.45. The molecule has 1 unspecified atom stereocenters. The number of ether oxygens (including phenoxy) is 1. The van der Waals surface area contributed by atoms with Crippen molar-refractivity contribution in [3.05, 3.63) is 53.6 Å². The van der Waals surface area contributed by atoms with E-state index >= 15 is 0 Å². The highest BCUT2D eigenvalue weighted by Crippen LogP contribution is 2.27. The SMILES string of the molecule is CN(CCCOc1cccc(S(C)(=O)=O)c1)C(=O)C1CC(=O)N(c2ccc(Cl)cc2)C1. The van der Waals surface area contributed by atoms with Gasteiger partial charge in [0.15, 0.2) is 9.84 Å². The molecule has 2 aromatic rings. The van der Waals surface area contributed by atoms with Crippen molar-refractivity contribution in [3.63, 3.8) is 0 Å². The van der Waals surface area contributed by atoms with Crippen molar-refractivity contribution in [1.29, 1.82) is 0 Å². The Morgan fingerprint density at radius 1 is 1.23 bits per heavy atom. The van der Waals surface area contributed by atoms with Gasteiger partial charge in [-0.3, -0.25) is 9.59 Å². The van der Waals surface area contributed by atoms with Crippen LogP contribution in [0.25, 0.3) is 0 Å². The Hall–Kier alpha value is -2.58. The highest BCUT2D eigenvalue weighted by molar-refractivity contribution is 7.90. The smallest absolute Gasteiger partial charge is 0.227 e. The Morgan fingerprint density at radius 3 is 2.61 bits per heavy atom. The summed E-state index contributed by atoms with van der Waals surface area (Å²) in [5.41, 5.74) is 0.733. The number of carbonyl (C=O) groups is 2. The second-order valence-corrected chi connectivity index (χ2v) is 10.0. The number of amides is 2. The fraction of sp³-hybridized carbons (Fsp3) is 0.364. The molecule has 0 aliphatic carbocycles. The minimum atomic E-state index is -3.29. The van der Waals surface area contributed by atoms with Crippen LogP contribution in [0.15, 0.2) is 53.4 Å². The van der Waals surface area contributed by atoms with Crippen molar-refractivity contribution < 1.29 is 22.7 Å². The maximum atomic E-state index is 12.8. The van der Waals surface area contributed by atoms with E-state index in [1.165, 1.54) is 12.1 Å². The molecule has 0 aromatic heterocycles. The van der Waals surface area contributed by atoms with Gasteiger partial charge in [-0.25, -0.2) is 8.42 Å². The first-order chi connectivity index (χ1) is 14.6. The van der Waals surface area contributed by atoms with E-state index in [1.54, 1.807) is 53.2 Å². The molecule has 1 saturated heterocycles. The molecule has 1 fully saturated rings. The van der Waals surface area contributed by atoms with E-state index in [9.17, 15) is 18.0 Å². The normalized spacial score (nSPS) is 16.4. The predicted octanol–water partition coefficient (Wildman–Crippen LogP) is 3.02. The minimum Gasteiger partial charge on any atom is -0.493 e. The molecule has 7 nitrogen and oxygen atoms in total. The van der Waals surface area contributed by atoms with Gasteiger partial charge in [0.05, 0.1) is 17.4 Å². The van der Waals surface area contributed by atoms with Crippen molar-refractivity contribution in [1.82, 2.24) is 4.90 Å². The van der Waals surface area contributed by atoms with Crippen LogP contribution in [0.5, 0.6) is 5.75 Å². The Morgan fingerprint density at radius 2 is 1.94 bits per heavy atom. The first-order valence-corrected chi connectivity index (χ1v) is 12.2. The van der Waals surface area contributed by atoms with Crippen LogP contribution in [-0.2, 0) is 19.4 Å². The van der Waals surface area contributed by atoms with Gasteiger partial charge in [-0.05, 0) is 48.9 Å². The molecule has 0 bridgehead atoms. The lowest BCUT2D eigenvalue weighted by Gasteiger charge is -2.21. The zero-order valence-corrected chi connectivity index (χ0v) is 19.0. The van der Waals surface area contributed by atoms with Gasteiger partial charge in [-0.15, -0.1) is 0 Å². The molecule has 1 aliphatic heterocycles. The summed E-state index contributed by atoms with van der Waals surface area (Å²) >= 11 is 5.90. The van der Waals surface area contributed by atoms with Crippen LogP contribution in [0.1, 0.15) is 12.8 Å². The van der Waals surface area contributed by atoms with Gasteiger partial charge >= 0.3 is 0 Å². The van der Waals surface area contributed by atoms with E-state index < -0.39 is 9.84 Å². The van der Waals surface area contributed by atoms with Crippen molar-refractivity contribution in [2.45, 2.75) is 17.7 Å². The number of hydrogen-bond donors (Lipinski definition) is 0. The fourth-order valence-corrected chi connectivity index (χ4v) is 4.23. The minimum absolute atomic E-state index is 0.0797. The molecule has 0 N–H and O–H groups in total. The second-order valence-electron chi connectivity index (χ2n) is 7.59. The third-order valence-electron chi connectivity index (χ3n) is 5.13. The van der Waals surface area contributed by atoms with Crippen LogP contribution in [-0.4, -0.2) is 58.1 Å². The third kappa shape index (κ3) is 5.98. The van der Waals surface area contributed by atoms with Gasteiger partial charge in [-0.1, -0.05) is 17.7 Å². The molecule has 1 aliphatic rings. The zero-order chi connectivity index (χ0) is 22.6. The van der Waals surface area contributed by atoms with Gasteiger partial charge < -0.3 is 14.5 Å². The topological polar surface area (TPSA) is 84.0 Å². The van der Waals surface area contributed by atoms with E-state index in [2.05, 4.69) is 0 Å². The van der Waals surface area contributed by atoms with Crippen LogP contribution in [0.2, 0.25) is 5.02 Å². The van der Waals surface area contributed by atoms with Crippen molar-refractivity contribution in [2.75, 3.05) is 37.9 Å².